The number of benzene rings is 1. The van der Waals surface area contributed by atoms with E-state index in [0.717, 1.165) is 18.5 Å². The molecule has 4 heteroatoms. The Kier molecular flexibility index (Phi) is 4.12. The summed E-state index contributed by atoms with van der Waals surface area (Å²) in [6.07, 6.45) is 0.874. The van der Waals surface area contributed by atoms with Gasteiger partial charge in [-0.3, -0.25) is 0 Å². The maximum absolute atomic E-state index is 11.3. The summed E-state index contributed by atoms with van der Waals surface area (Å²) in [5, 5.41) is 1.99. The smallest absolute Gasteiger partial charge is 0.364 e. The van der Waals surface area contributed by atoms with Crippen LogP contribution in [0.1, 0.15) is 12.0 Å². The molecular weight excluding hydrogens is 218 g/mol. The fourth-order valence-corrected chi connectivity index (χ4v) is 2.06. The Morgan fingerprint density at radius 3 is 2.88 bits per heavy atom. The number of nitrogens with two attached hydrogens (primary N) is 1. The highest BCUT2D eigenvalue weighted by Gasteiger charge is 2.34. The van der Waals surface area contributed by atoms with Crippen molar-refractivity contribution in [2.45, 2.75) is 25.2 Å². The summed E-state index contributed by atoms with van der Waals surface area (Å²) in [7, 11) is 1.42. The number of carbonyl (C=O) groups is 1. The van der Waals surface area contributed by atoms with E-state index in [1.807, 2.05) is 35.6 Å². The lowest BCUT2D eigenvalue weighted by molar-refractivity contribution is -0.661. The molecule has 1 aliphatic rings. The van der Waals surface area contributed by atoms with Gasteiger partial charge < -0.3 is 14.8 Å². The van der Waals surface area contributed by atoms with Crippen molar-refractivity contribution in [3.8, 4) is 0 Å². The molecule has 2 atom stereocenters. The third-order valence-corrected chi connectivity index (χ3v) is 3.03. The second-order valence-electron chi connectivity index (χ2n) is 4.26. The van der Waals surface area contributed by atoms with Crippen LogP contribution in [0.15, 0.2) is 30.3 Å². The predicted octanol–water partition coefficient (Wildman–Crippen LogP) is 0.0805. The average molecular weight is 236 g/mol. The normalized spacial score (nSPS) is 23.6. The molecule has 0 saturated carbocycles. The number of methoxy groups -OCH3 is 1. The average Bonchev–Trinajstić information content (AvgIpc) is 2.85. The van der Waals surface area contributed by atoms with Gasteiger partial charge in [-0.25, -0.2) is 4.79 Å². The summed E-state index contributed by atoms with van der Waals surface area (Å²) in [4.78, 5) is 11.3. The van der Waals surface area contributed by atoms with Crippen LogP contribution in [0, 0.1) is 0 Å². The molecule has 0 amide bonds. The first kappa shape index (κ1) is 12.1. The van der Waals surface area contributed by atoms with Crippen LogP contribution in [0.2, 0.25) is 0 Å². The molecule has 4 nitrogen and oxygen atoms in total. The number of hydrogen-bond acceptors (Lipinski definition) is 3. The highest BCUT2D eigenvalue weighted by molar-refractivity contribution is 5.74. The van der Waals surface area contributed by atoms with Crippen molar-refractivity contribution < 1.29 is 19.6 Å². The summed E-state index contributed by atoms with van der Waals surface area (Å²) in [6.45, 7) is 1.43. The topological polar surface area (TPSA) is 52.1 Å². The van der Waals surface area contributed by atoms with Crippen LogP contribution in [0.3, 0.4) is 0 Å². The number of rotatable bonds is 4. The van der Waals surface area contributed by atoms with Crippen molar-refractivity contribution in [1.29, 1.82) is 0 Å². The molecule has 1 aromatic carbocycles. The molecule has 1 aliphatic heterocycles. The quantitative estimate of drug-likeness (QED) is 0.753. The van der Waals surface area contributed by atoms with Gasteiger partial charge in [0.25, 0.3) is 0 Å². The van der Waals surface area contributed by atoms with E-state index < -0.39 is 0 Å². The largest absolute Gasteiger partial charge is 0.465 e. The summed E-state index contributed by atoms with van der Waals surface area (Å²) in [6, 6.07) is 9.96. The highest BCUT2D eigenvalue weighted by atomic mass is 16.5. The van der Waals surface area contributed by atoms with Gasteiger partial charge in [0.2, 0.25) is 0 Å². The maximum atomic E-state index is 11.3. The summed E-state index contributed by atoms with van der Waals surface area (Å²) < 4.78 is 10.5. The fourth-order valence-electron chi connectivity index (χ4n) is 2.06. The molecule has 0 unspecified atom stereocenters. The Bertz CT molecular complexity index is 366. The van der Waals surface area contributed by atoms with Gasteiger partial charge in [-0.05, 0) is 5.56 Å². The molecule has 0 radical (unpaired) electrons. The van der Waals surface area contributed by atoms with Gasteiger partial charge in [-0.2, -0.15) is 0 Å². The number of quaternary nitrogens is 1. The summed E-state index contributed by atoms with van der Waals surface area (Å²) in [5.41, 5.74) is 1.16. The van der Waals surface area contributed by atoms with Crippen molar-refractivity contribution in [2.24, 2.45) is 0 Å². The molecule has 2 rings (SSSR count). The first-order valence-corrected chi connectivity index (χ1v) is 5.86. The van der Waals surface area contributed by atoms with Gasteiger partial charge in [0, 0.05) is 6.42 Å². The number of esters is 1. The van der Waals surface area contributed by atoms with Gasteiger partial charge in [-0.15, -0.1) is 0 Å². The van der Waals surface area contributed by atoms with E-state index in [0.29, 0.717) is 6.61 Å². The molecule has 2 N–H and O–H groups in total. The number of ether oxygens (including phenoxy) is 2. The van der Waals surface area contributed by atoms with Crippen molar-refractivity contribution in [3.63, 3.8) is 0 Å². The molecule has 1 saturated heterocycles. The van der Waals surface area contributed by atoms with E-state index in [1.165, 1.54) is 7.11 Å². The standard InChI is InChI=1S/C13H17NO3/c1-16-13(15)12-7-11(8-14-12)17-9-10-5-3-2-4-6-10/h2-6,11-12,14H,7-9H2,1H3/p+1/t11-,12+/m1/s1. The Morgan fingerprint density at radius 2 is 2.18 bits per heavy atom. The molecule has 1 heterocycles. The lowest BCUT2D eigenvalue weighted by Crippen LogP contribution is -2.89. The third kappa shape index (κ3) is 3.28. The van der Waals surface area contributed by atoms with Crippen molar-refractivity contribution in [3.05, 3.63) is 35.9 Å². The van der Waals surface area contributed by atoms with Crippen LogP contribution >= 0.6 is 0 Å². The van der Waals surface area contributed by atoms with Crippen molar-refractivity contribution >= 4 is 5.97 Å². The molecule has 17 heavy (non-hydrogen) atoms. The first-order valence-electron chi connectivity index (χ1n) is 5.86. The summed E-state index contributed by atoms with van der Waals surface area (Å²) in [5.74, 6) is -0.157. The third-order valence-electron chi connectivity index (χ3n) is 3.03. The fraction of sp³-hybridized carbons (Fsp3) is 0.462. The lowest BCUT2D eigenvalue weighted by atomic mass is 10.2. The van der Waals surface area contributed by atoms with Gasteiger partial charge in [0.1, 0.15) is 12.6 Å². The zero-order valence-corrected chi connectivity index (χ0v) is 9.96. The van der Waals surface area contributed by atoms with E-state index in [2.05, 4.69) is 0 Å². The number of hydrogen-bond donors (Lipinski definition) is 1. The van der Waals surface area contributed by atoms with Crippen LogP contribution in [-0.4, -0.2) is 31.8 Å². The van der Waals surface area contributed by atoms with E-state index in [-0.39, 0.29) is 18.1 Å². The molecule has 0 spiro atoms. The molecule has 0 bridgehead atoms. The first-order chi connectivity index (χ1) is 8.29. The van der Waals surface area contributed by atoms with Gasteiger partial charge >= 0.3 is 5.97 Å². The Hall–Kier alpha value is -1.39. The number of carbonyl (C=O) groups excluding carboxylic acids is 1. The molecule has 1 aromatic rings. The van der Waals surface area contributed by atoms with E-state index in [9.17, 15) is 4.79 Å². The van der Waals surface area contributed by atoms with Crippen LogP contribution in [0.5, 0.6) is 0 Å². The predicted molar refractivity (Wildman–Crippen MR) is 62.2 cm³/mol. The summed E-state index contributed by atoms with van der Waals surface area (Å²) >= 11 is 0. The Balaban J connectivity index is 1.77. The van der Waals surface area contributed by atoms with Crippen LogP contribution < -0.4 is 5.32 Å². The van der Waals surface area contributed by atoms with Crippen LogP contribution in [-0.2, 0) is 20.9 Å². The molecule has 92 valence electrons. The maximum Gasteiger partial charge on any atom is 0.364 e. The minimum absolute atomic E-state index is 0.0965. The van der Waals surface area contributed by atoms with E-state index >= 15 is 0 Å². The highest BCUT2D eigenvalue weighted by Crippen LogP contribution is 2.09. The van der Waals surface area contributed by atoms with Gasteiger partial charge in [0.05, 0.1) is 13.7 Å². The monoisotopic (exact) mass is 236 g/mol. The lowest BCUT2D eigenvalue weighted by Gasteiger charge is -2.08. The van der Waals surface area contributed by atoms with Crippen molar-refractivity contribution in [1.82, 2.24) is 0 Å². The van der Waals surface area contributed by atoms with E-state index in [4.69, 9.17) is 9.47 Å². The molecule has 1 fully saturated rings. The molecule has 0 aromatic heterocycles. The molecular formula is C13H18NO3+. The second kappa shape index (κ2) is 5.80. The van der Waals surface area contributed by atoms with Gasteiger partial charge in [-0.1, -0.05) is 30.3 Å². The Labute approximate surface area is 101 Å². The zero-order valence-electron chi connectivity index (χ0n) is 9.96. The zero-order chi connectivity index (χ0) is 12.1. The van der Waals surface area contributed by atoms with Crippen LogP contribution in [0.25, 0.3) is 0 Å². The SMILES string of the molecule is COC(=O)[C@@H]1C[C@@H](OCc2ccccc2)C[NH2+]1. The second-order valence-corrected chi connectivity index (χ2v) is 4.26. The van der Waals surface area contributed by atoms with Gasteiger partial charge in [0.15, 0.2) is 6.04 Å². The minimum Gasteiger partial charge on any atom is -0.465 e. The minimum atomic E-state index is -0.157. The van der Waals surface area contributed by atoms with Crippen molar-refractivity contribution in [2.75, 3.05) is 13.7 Å². The van der Waals surface area contributed by atoms with Crippen LogP contribution in [0.4, 0.5) is 0 Å². The molecule has 0 aliphatic carbocycles. The Morgan fingerprint density at radius 1 is 1.41 bits per heavy atom. The van der Waals surface area contributed by atoms with E-state index in [1.54, 1.807) is 0 Å².